The summed E-state index contributed by atoms with van der Waals surface area (Å²) in [5.41, 5.74) is 1.73. The second-order valence-electron chi connectivity index (χ2n) is 9.25. The van der Waals surface area contributed by atoms with Crippen LogP contribution in [-0.2, 0) is 19.2 Å². The van der Waals surface area contributed by atoms with E-state index < -0.39 is 36.0 Å². The van der Waals surface area contributed by atoms with Crippen LogP contribution in [-0.4, -0.2) is 68.6 Å². The standard InChI is InChI=1S/C26H26N4O4/c1-3-27-23(31)17-19(15-11-7-5-8-12-15)30-22-18(24(32)28(4-2)26(22)34)20(16-13-9-6-10-14-16)29(30)21(17)25(27)33/h5-14,17-22H,3-4H2,1-2H3/t17-,18-,19+,20+,21+,22+/m0/s1. The van der Waals surface area contributed by atoms with Crippen LogP contribution in [0.4, 0.5) is 0 Å². The number of amides is 4. The van der Waals surface area contributed by atoms with Gasteiger partial charge in [0.1, 0.15) is 12.1 Å². The monoisotopic (exact) mass is 458 g/mol. The molecule has 4 saturated heterocycles. The van der Waals surface area contributed by atoms with Gasteiger partial charge >= 0.3 is 0 Å². The van der Waals surface area contributed by atoms with Crippen molar-refractivity contribution in [3.8, 4) is 0 Å². The minimum atomic E-state index is -0.746. The van der Waals surface area contributed by atoms with Crippen LogP contribution in [0.1, 0.15) is 37.1 Å². The van der Waals surface area contributed by atoms with Gasteiger partial charge in [-0.1, -0.05) is 60.7 Å². The van der Waals surface area contributed by atoms with Crippen molar-refractivity contribution in [3.63, 3.8) is 0 Å². The highest BCUT2D eigenvalue weighted by molar-refractivity contribution is 6.10. The number of imide groups is 2. The van der Waals surface area contributed by atoms with Crippen LogP contribution in [0.5, 0.6) is 0 Å². The van der Waals surface area contributed by atoms with Crippen LogP contribution in [0.25, 0.3) is 0 Å². The SMILES string of the molecule is CCN1C(=O)[C@H]2[C@@H](c3ccccc3)N3[C@H]4C(=O)N(CC)C(=O)[C@H]4[C@@H](c4ccccc4)N3[C@H]2C1=O. The van der Waals surface area contributed by atoms with E-state index in [-0.39, 0.29) is 23.6 Å². The van der Waals surface area contributed by atoms with Crippen LogP contribution in [0.2, 0.25) is 0 Å². The number of nitrogens with zero attached hydrogens (tertiary/aromatic N) is 4. The zero-order valence-electron chi connectivity index (χ0n) is 19.1. The Kier molecular flexibility index (Phi) is 4.72. The molecule has 0 N–H and O–H groups in total. The molecule has 0 bridgehead atoms. The Morgan fingerprint density at radius 2 is 0.882 bits per heavy atom. The van der Waals surface area contributed by atoms with Crippen molar-refractivity contribution in [2.75, 3.05) is 13.1 Å². The van der Waals surface area contributed by atoms with Crippen LogP contribution >= 0.6 is 0 Å². The fraction of sp³-hybridized carbons (Fsp3) is 0.385. The van der Waals surface area contributed by atoms with E-state index in [1.807, 2.05) is 70.7 Å². The van der Waals surface area contributed by atoms with Gasteiger partial charge in [-0.25, -0.2) is 10.0 Å². The predicted molar refractivity (Wildman–Crippen MR) is 121 cm³/mol. The van der Waals surface area contributed by atoms with Gasteiger partial charge in [0.15, 0.2) is 0 Å². The lowest BCUT2D eigenvalue weighted by Gasteiger charge is -2.35. The van der Waals surface area contributed by atoms with E-state index in [2.05, 4.69) is 0 Å². The number of carbonyl (C=O) groups excluding carboxylic acids is 4. The Labute approximate surface area is 197 Å². The van der Waals surface area contributed by atoms with Crippen molar-refractivity contribution in [2.24, 2.45) is 11.8 Å². The van der Waals surface area contributed by atoms with E-state index in [1.54, 1.807) is 13.8 Å². The van der Waals surface area contributed by atoms with Crippen molar-refractivity contribution < 1.29 is 19.2 Å². The summed E-state index contributed by atoms with van der Waals surface area (Å²) in [6, 6.07) is 16.6. The lowest BCUT2D eigenvalue weighted by Crippen LogP contribution is -2.49. The summed E-state index contributed by atoms with van der Waals surface area (Å²) in [6.45, 7) is 4.19. The zero-order chi connectivity index (χ0) is 23.7. The van der Waals surface area contributed by atoms with E-state index in [1.165, 1.54) is 9.80 Å². The summed E-state index contributed by atoms with van der Waals surface area (Å²) in [5, 5.41) is 3.82. The van der Waals surface area contributed by atoms with Gasteiger partial charge in [-0.05, 0) is 25.0 Å². The normalized spacial score (nSPS) is 33.1. The summed E-state index contributed by atoms with van der Waals surface area (Å²) in [5.74, 6) is -2.22. The molecule has 4 aliphatic heterocycles. The summed E-state index contributed by atoms with van der Waals surface area (Å²) in [6.07, 6.45) is 0. The molecule has 4 heterocycles. The van der Waals surface area contributed by atoms with Crippen LogP contribution in [0.3, 0.4) is 0 Å². The van der Waals surface area contributed by atoms with Gasteiger partial charge in [0.2, 0.25) is 23.6 Å². The molecule has 4 aliphatic rings. The lowest BCUT2D eigenvalue weighted by atomic mass is 9.84. The van der Waals surface area contributed by atoms with E-state index >= 15 is 0 Å². The first-order chi connectivity index (χ1) is 16.5. The fourth-order valence-electron chi connectivity index (χ4n) is 6.54. The molecule has 0 aliphatic carbocycles. The van der Waals surface area contributed by atoms with E-state index in [0.717, 1.165) is 11.1 Å². The number of hydrazine groups is 1. The molecule has 0 radical (unpaired) electrons. The molecule has 0 aromatic heterocycles. The third-order valence-electron chi connectivity index (χ3n) is 7.82. The maximum Gasteiger partial charge on any atom is 0.248 e. The number of likely N-dealkylation sites (N-methyl/N-ethyl adjacent to an activating group) is 2. The second-order valence-corrected chi connectivity index (χ2v) is 9.25. The first-order valence-electron chi connectivity index (χ1n) is 11.9. The molecule has 0 saturated carbocycles. The molecule has 174 valence electrons. The van der Waals surface area contributed by atoms with Crippen molar-refractivity contribution >= 4 is 23.6 Å². The highest BCUT2D eigenvalue weighted by Crippen LogP contribution is 2.58. The Morgan fingerprint density at radius 3 is 1.21 bits per heavy atom. The highest BCUT2D eigenvalue weighted by atomic mass is 16.2. The number of hydrogen-bond acceptors (Lipinski definition) is 6. The molecule has 4 amide bonds. The van der Waals surface area contributed by atoms with Gasteiger partial charge in [-0.15, -0.1) is 0 Å². The van der Waals surface area contributed by atoms with E-state index in [4.69, 9.17) is 0 Å². The van der Waals surface area contributed by atoms with Gasteiger partial charge in [0.25, 0.3) is 0 Å². The lowest BCUT2D eigenvalue weighted by molar-refractivity contribution is -0.152. The molecule has 4 fully saturated rings. The number of benzene rings is 2. The third-order valence-corrected chi connectivity index (χ3v) is 7.82. The molecule has 6 rings (SSSR count). The van der Waals surface area contributed by atoms with Gasteiger partial charge in [-0.2, -0.15) is 0 Å². The topological polar surface area (TPSA) is 81.2 Å². The molecule has 34 heavy (non-hydrogen) atoms. The van der Waals surface area contributed by atoms with Gasteiger partial charge < -0.3 is 0 Å². The van der Waals surface area contributed by atoms with Crippen LogP contribution in [0, 0.1) is 11.8 Å². The van der Waals surface area contributed by atoms with E-state index in [0.29, 0.717) is 13.1 Å². The van der Waals surface area contributed by atoms with Crippen molar-refractivity contribution in [1.29, 1.82) is 0 Å². The summed E-state index contributed by atoms with van der Waals surface area (Å²) >= 11 is 0. The maximum atomic E-state index is 13.6. The van der Waals surface area contributed by atoms with Crippen LogP contribution in [0.15, 0.2) is 60.7 Å². The Bertz CT molecular complexity index is 1090. The summed E-state index contributed by atoms with van der Waals surface area (Å²) < 4.78 is 0. The quantitative estimate of drug-likeness (QED) is 0.650. The largest absolute Gasteiger partial charge is 0.281 e. The van der Waals surface area contributed by atoms with E-state index in [9.17, 15) is 19.2 Å². The van der Waals surface area contributed by atoms with Crippen molar-refractivity contribution in [2.45, 2.75) is 38.0 Å². The van der Waals surface area contributed by atoms with Gasteiger partial charge in [0, 0.05) is 13.1 Å². The minimum absolute atomic E-state index is 0.215. The number of rotatable bonds is 4. The minimum Gasteiger partial charge on any atom is -0.281 e. The molecular formula is C26H26N4O4. The Morgan fingerprint density at radius 1 is 0.529 bits per heavy atom. The zero-order valence-corrected chi connectivity index (χ0v) is 19.1. The predicted octanol–water partition coefficient (Wildman–Crippen LogP) is 1.76. The number of likely N-dealkylation sites (tertiary alicyclic amines) is 2. The third kappa shape index (κ3) is 2.55. The average Bonchev–Trinajstić information content (AvgIpc) is 3.51. The molecule has 8 heteroatoms. The Balaban J connectivity index is 1.59. The smallest absolute Gasteiger partial charge is 0.248 e. The molecule has 0 unspecified atom stereocenters. The first-order valence-corrected chi connectivity index (χ1v) is 11.9. The highest BCUT2D eigenvalue weighted by Gasteiger charge is 2.73. The number of carbonyl (C=O) groups is 4. The van der Waals surface area contributed by atoms with Crippen molar-refractivity contribution in [3.05, 3.63) is 71.8 Å². The average molecular weight is 459 g/mol. The van der Waals surface area contributed by atoms with Crippen LogP contribution < -0.4 is 0 Å². The molecule has 6 atom stereocenters. The fourth-order valence-corrected chi connectivity index (χ4v) is 6.54. The molecule has 2 aromatic rings. The molecular weight excluding hydrogens is 432 g/mol. The summed E-state index contributed by atoms with van der Waals surface area (Å²) in [4.78, 5) is 56.9. The first kappa shape index (κ1) is 21.2. The van der Waals surface area contributed by atoms with Gasteiger partial charge in [0.05, 0.1) is 23.9 Å². The molecule has 0 spiro atoms. The molecule has 8 nitrogen and oxygen atoms in total. The molecule has 2 aromatic carbocycles. The second kappa shape index (κ2) is 7.58. The Hall–Kier alpha value is -3.36. The van der Waals surface area contributed by atoms with Crippen molar-refractivity contribution in [1.82, 2.24) is 19.8 Å². The number of hydrogen-bond donors (Lipinski definition) is 0. The summed E-state index contributed by atoms with van der Waals surface area (Å²) in [7, 11) is 0. The maximum absolute atomic E-state index is 13.6. The van der Waals surface area contributed by atoms with Gasteiger partial charge in [-0.3, -0.25) is 29.0 Å². The number of fused-ring (bicyclic) bond motifs is 5.